The minimum absolute atomic E-state index is 0.0839. The average molecular weight is 295 g/mol. The number of benzene rings is 1. The van der Waals surface area contributed by atoms with Gasteiger partial charge in [0.15, 0.2) is 5.78 Å². The predicted octanol–water partition coefficient (Wildman–Crippen LogP) is 3.82. The zero-order valence-corrected chi connectivity index (χ0v) is 12.3. The van der Waals surface area contributed by atoms with Gasteiger partial charge in [-0.15, -0.1) is 0 Å². The number of nitrogens with zero attached hydrogens (tertiary/aromatic N) is 1. The molecule has 0 bridgehead atoms. The lowest BCUT2D eigenvalue weighted by Gasteiger charge is -2.04. The molecule has 0 spiro atoms. The summed E-state index contributed by atoms with van der Waals surface area (Å²) in [6.07, 6.45) is 1.76. The molecule has 2 heterocycles. The van der Waals surface area contributed by atoms with Crippen LogP contribution in [0.25, 0.3) is 5.52 Å². The molecule has 0 aliphatic carbocycles. The first-order valence-corrected chi connectivity index (χ1v) is 6.91. The number of aromatic nitrogens is 1. The zero-order chi connectivity index (χ0) is 15.9. The molecule has 0 unspecified atom stereocenters. The van der Waals surface area contributed by atoms with Gasteiger partial charge in [0, 0.05) is 17.3 Å². The van der Waals surface area contributed by atoms with Crippen molar-refractivity contribution in [3.63, 3.8) is 0 Å². The summed E-state index contributed by atoms with van der Waals surface area (Å²) in [5.41, 5.74) is 2.73. The molecule has 4 heteroatoms. The molecule has 2 aromatic heterocycles. The molecule has 0 saturated heterocycles. The molecule has 1 aromatic carbocycles. The Hall–Kier alpha value is -2.75. The molecule has 0 fully saturated rings. The van der Waals surface area contributed by atoms with Crippen molar-refractivity contribution in [2.75, 3.05) is 0 Å². The van der Waals surface area contributed by atoms with Crippen molar-refractivity contribution in [1.82, 2.24) is 4.40 Å². The summed E-state index contributed by atoms with van der Waals surface area (Å²) >= 11 is 0. The van der Waals surface area contributed by atoms with Crippen LogP contribution in [-0.2, 0) is 0 Å². The number of rotatable bonds is 3. The third-order valence-electron chi connectivity index (χ3n) is 3.76. The summed E-state index contributed by atoms with van der Waals surface area (Å²) < 4.78 is 14.8. The Kier molecular flexibility index (Phi) is 3.37. The van der Waals surface area contributed by atoms with Crippen LogP contribution in [0.4, 0.5) is 4.39 Å². The van der Waals surface area contributed by atoms with E-state index >= 15 is 0 Å². The zero-order valence-electron chi connectivity index (χ0n) is 12.3. The highest BCUT2D eigenvalue weighted by molar-refractivity contribution is 6.13. The highest BCUT2D eigenvalue weighted by Gasteiger charge is 2.23. The van der Waals surface area contributed by atoms with Gasteiger partial charge in [-0.05, 0) is 55.8 Å². The number of fused-ring (bicyclic) bond motifs is 1. The minimum Gasteiger partial charge on any atom is -0.313 e. The summed E-state index contributed by atoms with van der Waals surface area (Å²) in [5.74, 6) is -0.705. The molecule has 110 valence electrons. The number of ketones is 2. The number of halogens is 1. The van der Waals surface area contributed by atoms with Gasteiger partial charge in [-0.3, -0.25) is 9.59 Å². The fourth-order valence-corrected chi connectivity index (χ4v) is 2.80. The molecule has 3 rings (SSSR count). The quantitative estimate of drug-likeness (QED) is 0.689. The monoisotopic (exact) mass is 295 g/mol. The van der Waals surface area contributed by atoms with E-state index in [-0.39, 0.29) is 11.6 Å². The van der Waals surface area contributed by atoms with Crippen molar-refractivity contribution in [2.24, 2.45) is 0 Å². The van der Waals surface area contributed by atoms with E-state index in [2.05, 4.69) is 0 Å². The van der Waals surface area contributed by atoms with E-state index in [0.29, 0.717) is 27.9 Å². The first kappa shape index (κ1) is 14.2. The van der Waals surface area contributed by atoms with Crippen LogP contribution in [0.1, 0.15) is 38.9 Å². The summed E-state index contributed by atoms with van der Waals surface area (Å²) in [4.78, 5) is 24.7. The molecule has 0 aliphatic rings. The first-order chi connectivity index (χ1) is 10.5. The van der Waals surface area contributed by atoms with Crippen LogP contribution in [0.5, 0.6) is 0 Å². The van der Waals surface area contributed by atoms with Crippen molar-refractivity contribution in [1.29, 1.82) is 0 Å². The summed E-state index contributed by atoms with van der Waals surface area (Å²) in [5, 5.41) is 0. The number of Topliss-reactive ketones (excluding diaryl/α,β-unsaturated/α-hetero) is 1. The lowest BCUT2D eigenvalue weighted by atomic mass is 10.0. The van der Waals surface area contributed by atoms with E-state index in [1.807, 2.05) is 12.1 Å². The van der Waals surface area contributed by atoms with Crippen LogP contribution in [0, 0.1) is 12.7 Å². The average Bonchev–Trinajstić information content (AvgIpc) is 2.79. The van der Waals surface area contributed by atoms with E-state index in [9.17, 15) is 14.0 Å². The normalized spacial score (nSPS) is 10.9. The van der Waals surface area contributed by atoms with Gasteiger partial charge in [-0.1, -0.05) is 6.07 Å². The standard InChI is InChI=1S/C18H14FNO2/c1-11-16(12(2)21)15-5-3-4-10-20(15)17(11)18(22)13-6-8-14(19)9-7-13/h3-10H,1-2H3. The van der Waals surface area contributed by atoms with Gasteiger partial charge in [0.1, 0.15) is 5.82 Å². The Morgan fingerprint density at radius 2 is 1.73 bits per heavy atom. The van der Waals surface area contributed by atoms with E-state index in [0.717, 1.165) is 0 Å². The van der Waals surface area contributed by atoms with Crippen LogP contribution >= 0.6 is 0 Å². The van der Waals surface area contributed by atoms with Crippen molar-refractivity contribution >= 4 is 17.1 Å². The lowest BCUT2D eigenvalue weighted by Crippen LogP contribution is -2.07. The van der Waals surface area contributed by atoms with Gasteiger partial charge >= 0.3 is 0 Å². The molecule has 0 saturated carbocycles. The van der Waals surface area contributed by atoms with Gasteiger partial charge in [0.05, 0.1) is 11.2 Å². The second kappa shape index (κ2) is 5.22. The molecule has 3 nitrogen and oxygen atoms in total. The number of hydrogen-bond acceptors (Lipinski definition) is 2. The molecule has 3 aromatic rings. The Bertz CT molecular complexity index is 891. The van der Waals surface area contributed by atoms with Gasteiger partial charge in [-0.25, -0.2) is 4.39 Å². The number of carbonyl (C=O) groups excluding carboxylic acids is 2. The van der Waals surface area contributed by atoms with E-state index in [1.54, 1.807) is 23.6 Å². The van der Waals surface area contributed by atoms with Gasteiger partial charge in [0.2, 0.25) is 5.78 Å². The summed E-state index contributed by atoms with van der Waals surface area (Å²) in [7, 11) is 0. The van der Waals surface area contributed by atoms with Crippen molar-refractivity contribution in [3.8, 4) is 0 Å². The van der Waals surface area contributed by atoms with E-state index < -0.39 is 5.82 Å². The van der Waals surface area contributed by atoms with Gasteiger partial charge in [0.25, 0.3) is 0 Å². The first-order valence-electron chi connectivity index (χ1n) is 6.91. The highest BCUT2D eigenvalue weighted by Crippen LogP contribution is 2.25. The van der Waals surface area contributed by atoms with Crippen LogP contribution < -0.4 is 0 Å². The Morgan fingerprint density at radius 3 is 2.36 bits per heavy atom. The predicted molar refractivity (Wildman–Crippen MR) is 82.0 cm³/mol. The second-order valence-electron chi connectivity index (χ2n) is 5.20. The second-order valence-corrected chi connectivity index (χ2v) is 5.20. The van der Waals surface area contributed by atoms with E-state index in [4.69, 9.17) is 0 Å². The van der Waals surface area contributed by atoms with Crippen LogP contribution in [0.3, 0.4) is 0 Å². The van der Waals surface area contributed by atoms with Crippen LogP contribution in [0.15, 0.2) is 48.7 Å². The molecular weight excluding hydrogens is 281 g/mol. The fourth-order valence-electron chi connectivity index (χ4n) is 2.80. The Morgan fingerprint density at radius 1 is 1.05 bits per heavy atom. The third kappa shape index (κ3) is 2.13. The molecule has 0 aliphatic heterocycles. The summed E-state index contributed by atoms with van der Waals surface area (Å²) in [6.45, 7) is 3.25. The van der Waals surface area contributed by atoms with E-state index in [1.165, 1.54) is 31.2 Å². The smallest absolute Gasteiger partial charge is 0.210 e. The van der Waals surface area contributed by atoms with Crippen molar-refractivity contribution < 1.29 is 14.0 Å². The van der Waals surface area contributed by atoms with Crippen LogP contribution in [0.2, 0.25) is 0 Å². The Labute approximate surface area is 127 Å². The lowest BCUT2D eigenvalue weighted by molar-refractivity contribution is 0.101. The molecule has 0 radical (unpaired) electrons. The highest BCUT2D eigenvalue weighted by atomic mass is 19.1. The fraction of sp³-hybridized carbons (Fsp3) is 0.111. The number of hydrogen-bond donors (Lipinski definition) is 0. The summed E-state index contributed by atoms with van der Waals surface area (Å²) in [6, 6.07) is 10.9. The maximum atomic E-state index is 13.0. The van der Waals surface area contributed by atoms with Crippen LogP contribution in [-0.4, -0.2) is 16.0 Å². The third-order valence-corrected chi connectivity index (χ3v) is 3.76. The van der Waals surface area contributed by atoms with Crippen molar-refractivity contribution in [2.45, 2.75) is 13.8 Å². The molecule has 0 atom stereocenters. The largest absolute Gasteiger partial charge is 0.313 e. The molecule has 22 heavy (non-hydrogen) atoms. The minimum atomic E-state index is -0.391. The molecule has 0 N–H and O–H groups in total. The topological polar surface area (TPSA) is 38.5 Å². The van der Waals surface area contributed by atoms with Gasteiger partial charge < -0.3 is 4.40 Å². The molecular formula is C18H14FNO2. The maximum absolute atomic E-state index is 13.0. The van der Waals surface area contributed by atoms with Crippen molar-refractivity contribution in [3.05, 3.63) is 76.9 Å². The Balaban J connectivity index is 2.27. The maximum Gasteiger partial charge on any atom is 0.210 e. The number of pyridine rings is 1. The number of carbonyl (C=O) groups is 2. The molecule has 0 amide bonds. The SMILES string of the molecule is CC(=O)c1c(C)c(C(=O)c2ccc(F)cc2)n2ccccc12. The van der Waals surface area contributed by atoms with Gasteiger partial charge in [-0.2, -0.15) is 0 Å².